The summed E-state index contributed by atoms with van der Waals surface area (Å²) in [6, 6.07) is 0. The summed E-state index contributed by atoms with van der Waals surface area (Å²) in [5, 5.41) is 0. The molecule has 26 heavy (non-hydrogen) atoms. The summed E-state index contributed by atoms with van der Waals surface area (Å²) in [5.74, 6) is 0.160. The summed E-state index contributed by atoms with van der Waals surface area (Å²) >= 11 is 0. The highest BCUT2D eigenvalue weighted by molar-refractivity contribution is 5.70. The molecule has 4 heteroatoms. The molecule has 0 aliphatic carbocycles. The monoisotopic (exact) mass is 370 g/mol. The zero-order chi connectivity index (χ0) is 19.6. The van der Waals surface area contributed by atoms with E-state index in [0.29, 0.717) is 25.4 Å². The molecule has 0 aromatic heterocycles. The Kier molecular flexibility index (Phi) is 16.7. The van der Waals surface area contributed by atoms with Crippen molar-refractivity contribution in [3.05, 3.63) is 0 Å². The van der Waals surface area contributed by atoms with Crippen LogP contribution in [0.2, 0.25) is 0 Å². The SMILES string of the molecule is CCCCCCCCCOC(=O)CCCCCC(=O)OC(C)C(C)CC. The molecule has 0 heterocycles. The van der Waals surface area contributed by atoms with Crippen molar-refractivity contribution in [1.82, 2.24) is 0 Å². The molecule has 4 nitrogen and oxygen atoms in total. The Hall–Kier alpha value is -1.06. The van der Waals surface area contributed by atoms with Gasteiger partial charge < -0.3 is 9.47 Å². The molecule has 0 N–H and O–H groups in total. The molecule has 0 bridgehead atoms. The lowest BCUT2D eigenvalue weighted by molar-refractivity contribution is -0.150. The molecule has 0 saturated carbocycles. The molecule has 0 aliphatic rings. The molecule has 0 radical (unpaired) electrons. The molecule has 0 aromatic rings. The molecule has 0 saturated heterocycles. The molecule has 0 spiro atoms. The van der Waals surface area contributed by atoms with Crippen molar-refractivity contribution >= 4 is 11.9 Å². The number of rotatable bonds is 17. The van der Waals surface area contributed by atoms with Crippen LogP contribution < -0.4 is 0 Å². The maximum Gasteiger partial charge on any atom is 0.306 e. The van der Waals surface area contributed by atoms with Crippen LogP contribution in [0.1, 0.15) is 111 Å². The van der Waals surface area contributed by atoms with Crippen LogP contribution in [0.3, 0.4) is 0 Å². The van der Waals surface area contributed by atoms with E-state index in [4.69, 9.17) is 9.47 Å². The van der Waals surface area contributed by atoms with Crippen LogP contribution in [0.4, 0.5) is 0 Å². The van der Waals surface area contributed by atoms with Gasteiger partial charge in [0.2, 0.25) is 0 Å². The van der Waals surface area contributed by atoms with E-state index in [-0.39, 0.29) is 18.0 Å². The van der Waals surface area contributed by atoms with Gasteiger partial charge in [-0.05, 0) is 32.1 Å². The fourth-order valence-electron chi connectivity index (χ4n) is 2.75. The lowest BCUT2D eigenvalue weighted by Gasteiger charge is -2.18. The van der Waals surface area contributed by atoms with Gasteiger partial charge in [-0.15, -0.1) is 0 Å². The van der Waals surface area contributed by atoms with E-state index in [9.17, 15) is 9.59 Å². The molecule has 0 rings (SSSR count). The number of ether oxygens (including phenoxy) is 2. The number of unbranched alkanes of at least 4 members (excludes halogenated alkanes) is 8. The van der Waals surface area contributed by atoms with E-state index in [0.717, 1.165) is 38.5 Å². The van der Waals surface area contributed by atoms with E-state index in [1.165, 1.54) is 32.1 Å². The van der Waals surface area contributed by atoms with Crippen LogP contribution in [0, 0.1) is 5.92 Å². The molecule has 0 aliphatic heterocycles. The van der Waals surface area contributed by atoms with E-state index in [2.05, 4.69) is 20.8 Å². The number of hydrogen-bond donors (Lipinski definition) is 0. The summed E-state index contributed by atoms with van der Waals surface area (Å²) < 4.78 is 10.7. The van der Waals surface area contributed by atoms with Gasteiger partial charge in [-0.2, -0.15) is 0 Å². The standard InChI is InChI=1S/C22H42O4/c1-5-7-8-9-10-11-15-18-25-21(23)16-13-12-14-17-22(24)26-20(4)19(3)6-2/h19-20H,5-18H2,1-4H3. The van der Waals surface area contributed by atoms with Crippen molar-refractivity contribution in [2.45, 2.75) is 117 Å². The van der Waals surface area contributed by atoms with Crippen LogP contribution in [0.5, 0.6) is 0 Å². The maximum atomic E-state index is 11.7. The van der Waals surface area contributed by atoms with Gasteiger partial charge in [0.25, 0.3) is 0 Å². The second-order valence-corrected chi connectivity index (χ2v) is 7.48. The Labute approximate surface area is 161 Å². The fraction of sp³-hybridized carbons (Fsp3) is 0.909. The van der Waals surface area contributed by atoms with Crippen LogP contribution in [0.15, 0.2) is 0 Å². The first-order valence-electron chi connectivity index (χ1n) is 10.9. The average Bonchev–Trinajstić information content (AvgIpc) is 2.62. The molecular weight excluding hydrogens is 328 g/mol. The molecule has 2 unspecified atom stereocenters. The highest BCUT2D eigenvalue weighted by Crippen LogP contribution is 2.13. The number of carbonyl (C=O) groups excluding carboxylic acids is 2. The second-order valence-electron chi connectivity index (χ2n) is 7.48. The Morgan fingerprint density at radius 2 is 1.27 bits per heavy atom. The first-order valence-corrected chi connectivity index (χ1v) is 10.9. The largest absolute Gasteiger partial charge is 0.466 e. The van der Waals surface area contributed by atoms with E-state index in [1.54, 1.807) is 0 Å². The van der Waals surface area contributed by atoms with Crippen LogP contribution in [0.25, 0.3) is 0 Å². The Morgan fingerprint density at radius 1 is 0.731 bits per heavy atom. The molecule has 2 atom stereocenters. The molecule has 0 amide bonds. The average molecular weight is 371 g/mol. The number of hydrogen-bond acceptors (Lipinski definition) is 4. The van der Waals surface area contributed by atoms with Crippen LogP contribution in [-0.4, -0.2) is 24.6 Å². The van der Waals surface area contributed by atoms with Crippen molar-refractivity contribution in [1.29, 1.82) is 0 Å². The maximum absolute atomic E-state index is 11.7. The highest BCUT2D eigenvalue weighted by Gasteiger charge is 2.14. The van der Waals surface area contributed by atoms with Crippen LogP contribution >= 0.6 is 0 Å². The van der Waals surface area contributed by atoms with Gasteiger partial charge in [-0.25, -0.2) is 0 Å². The molecule has 154 valence electrons. The van der Waals surface area contributed by atoms with E-state index >= 15 is 0 Å². The topological polar surface area (TPSA) is 52.6 Å². The second kappa shape index (κ2) is 17.4. The number of carbonyl (C=O) groups is 2. The summed E-state index contributed by atoms with van der Waals surface area (Å²) in [5.41, 5.74) is 0. The summed E-state index contributed by atoms with van der Waals surface area (Å²) in [7, 11) is 0. The van der Waals surface area contributed by atoms with Gasteiger partial charge in [0.15, 0.2) is 0 Å². The Bertz CT molecular complexity index is 354. The predicted octanol–water partition coefficient (Wildman–Crippen LogP) is 6.21. The van der Waals surface area contributed by atoms with Crippen molar-refractivity contribution in [3.63, 3.8) is 0 Å². The zero-order valence-corrected chi connectivity index (χ0v) is 17.7. The van der Waals surface area contributed by atoms with Crippen molar-refractivity contribution in [2.24, 2.45) is 5.92 Å². The lowest BCUT2D eigenvalue weighted by atomic mass is 10.0. The van der Waals surface area contributed by atoms with Gasteiger partial charge in [0.1, 0.15) is 6.10 Å². The van der Waals surface area contributed by atoms with Gasteiger partial charge in [-0.3, -0.25) is 9.59 Å². The summed E-state index contributed by atoms with van der Waals surface area (Å²) in [4.78, 5) is 23.4. The van der Waals surface area contributed by atoms with Gasteiger partial charge in [0, 0.05) is 12.8 Å². The van der Waals surface area contributed by atoms with Crippen molar-refractivity contribution in [2.75, 3.05) is 6.61 Å². The summed E-state index contributed by atoms with van der Waals surface area (Å²) in [6.07, 6.45) is 12.9. The third-order valence-corrected chi connectivity index (χ3v) is 5.04. The zero-order valence-electron chi connectivity index (χ0n) is 17.7. The smallest absolute Gasteiger partial charge is 0.306 e. The minimum Gasteiger partial charge on any atom is -0.466 e. The molecular formula is C22H42O4. The van der Waals surface area contributed by atoms with Crippen molar-refractivity contribution < 1.29 is 19.1 Å². The normalized spacial score (nSPS) is 13.2. The molecule has 0 fully saturated rings. The lowest BCUT2D eigenvalue weighted by Crippen LogP contribution is -2.21. The predicted molar refractivity (Wildman–Crippen MR) is 107 cm³/mol. The van der Waals surface area contributed by atoms with Crippen molar-refractivity contribution in [3.8, 4) is 0 Å². The summed E-state index contributed by atoms with van der Waals surface area (Å²) in [6.45, 7) is 8.91. The van der Waals surface area contributed by atoms with Gasteiger partial charge >= 0.3 is 11.9 Å². The Balaban J connectivity index is 3.44. The third kappa shape index (κ3) is 15.2. The number of esters is 2. The third-order valence-electron chi connectivity index (χ3n) is 5.04. The fourth-order valence-corrected chi connectivity index (χ4v) is 2.75. The van der Waals surface area contributed by atoms with Gasteiger partial charge in [-0.1, -0.05) is 72.1 Å². The van der Waals surface area contributed by atoms with Gasteiger partial charge in [0.05, 0.1) is 6.61 Å². The highest BCUT2D eigenvalue weighted by atomic mass is 16.5. The quantitative estimate of drug-likeness (QED) is 0.226. The minimum absolute atomic E-state index is 0.0193. The van der Waals surface area contributed by atoms with E-state index in [1.807, 2.05) is 6.92 Å². The Morgan fingerprint density at radius 3 is 1.88 bits per heavy atom. The molecule has 0 aromatic carbocycles. The first kappa shape index (κ1) is 24.9. The van der Waals surface area contributed by atoms with E-state index < -0.39 is 0 Å². The van der Waals surface area contributed by atoms with Crippen LogP contribution in [-0.2, 0) is 19.1 Å². The minimum atomic E-state index is -0.126. The first-order chi connectivity index (χ1) is 12.5.